The molecule has 1 rings (SSSR count). The molecule has 0 aliphatic carbocycles. The molecule has 0 fully saturated rings. The van der Waals surface area contributed by atoms with E-state index < -0.39 is 11.6 Å². The molecule has 0 aliphatic rings. The van der Waals surface area contributed by atoms with Gasteiger partial charge in [-0.25, -0.2) is 4.79 Å². The molecule has 1 atom stereocenters. The standard InChI is InChI=1S/C16H22O4S/c1-5-11(2)15(18)19-10-14(17)20-16(3,4)12-6-8-13(21)9-7-12/h6-9,11,21H,5,10H2,1-4H3. The number of hydrogen-bond donors (Lipinski definition) is 1. The number of benzene rings is 1. The lowest BCUT2D eigenvalue weighted by atomic mass is 9.98. The second-order valence-corrected chi connectivity index (χ2v) is 5.96. The van der Waals surface area contributed by atoms with Crippen molar-refractivity contribution in [1.82, 2.24) is 0 Å². The molecule has 0 aromatic heterocycles. The van der Waals surface area contributed by atoms with E-state index in [0.29, 0.717) is 6.42 Å². The van der Waals surface area contributed by atoms with Crippen LogP contribution in [0.5, 0.6) is 0 Å². The Hall–Kier alpha value is -1.49. The first kappa shape index (κ1) is 17.6. The molecule has 0 N–H and O–H groups in total. The fraction of sp³-hybridized carbons (Fsp3) is 0.500. The monoisotopic (exact) mass is 310 g/mol. The summed E-state index contributed by atoms with van der Waals surface area (Å²) >= 11 is 4.22. The fourth-order valence-electron chi connectivity index (χ4n) is 1.67. The minimum atomic E-state index is -0.790. The Morgan fingerprint density at radius 3 is 2.33 bits per heavy atom. The third kappa shape index (κ3) is 5.42. The molecule has 1 unspecified atom stereocenters. The molecule has 5 heteroatoms. The third-order valence-corrected chi connectivity index (χ3v) is 3.58. The molecule has 0 bridgehead atoms. The predicted octanol–water partition coefficient (Wildman–Crippen LogP) is 3.34. The highest BCUT2D eigenvalue weighted by Gasteiger charge is 2.26. The van der Waals surface area contributed by atoms with Crippen LogP contribution in [0, 0.1) is 5.92 Å². The van der Waals surface area contributed by atoms with Crippen molar-refractivity contribution in [3.63, 3.8) is 0 Å². The van der Waals surface area contributed by atoms with Crippen LogP contribution in [0.3, 0.4) is 0 Å². The van der Waals surface area contributed by atoms with Gasteiger partial charge in [0.25, 0.3) is 0 Å². The van der Waals surface area contributed by atoms with Crippen LogP contribution in [-0.4, -0.2) is 18.5 Å². The summed E-state index contributed by atoms with van der Waals surface area (Å²) in [6.07, 6.45) is 0.676. The molecule has 0 saturated heterocycles. The number of carbonyl (C=O) groups excluding carboxylic acids is 2. The van der Waals surface area contributed by atoms with Crippen LogP contribution in [-0.2, 0) is 24.7 Å². The maximum absolute atomic E-state index is 11.8. The molecule has 0 amide bonds. The van der Waals surface area contributed by atoms with Gasteiger partial charge < -0.3 is 9.47 Å². The summed E-state index contributed by atoms with van der Waals surface area (Å²) in [5.41, 5.74) is 0.0586. The second-order valence-electron chi connectivity index (χ2n) is 5.45. The summed E-state index contributed by atoms with van der Waals surface area (Å²) in [5, 5.41) is 0. The molecule has 1 aromatic carbocycles. The van der Waals surface area contributed by atoms with Gasteiger partial charge in [-0.2, -0.15) is 0 Å². The fourth-order valence-corrected chi connectivity index (χ4v) is 1.82. The van der Waals surface area contributed by atoms with Crippen molar-refractivity contribution in [2.24, 2.45) is 5.92 Å². The lowest BCUT2D eigenvalue weighted by Crippen LogP contribution is -2.29. The van der Waals surface area contributed by atoms with Crippen LogP contribution < -0.4 is 0 Å². The summed E-state index contributed by atoms with van der Waals surface area (Å²) < 4.78 is 10.3. The number of hydrogen-bond acceptors (Lipinski definition) is 5. The topological polar surface area (TPSA) is 52.6 Å². The second kappa shape index (κ2) is 7.50. The van der Waals surface area contributed by atoms with Crippen molar-refractivity contribution in [2.45, 2.75) is 44.6 Å². The SMILES string of the molecule is CCC(C)C(=O)OCC(=O)OC(C)(C)c1ccc(S)cc1. The Balaban J connectivity index is 2.57. The maximum Gasteiger partial charge on any atom is 0.345 e. The molecule has 0 spiro atoms. The van der Waals surface area contributed by atoms with Gasteiger partial charge in [0, 0.05) is 4.90 Å². The number of ether oxygens (including phenoxy) is 2. The van der Waals surface area contributed by atoms with Gasteiger partial charge in [-0.1, -0.05) is 26.0 Å². The van der Waals surface area contributed by atoms with Crippen LogP contribution in [0.2, 0.25) is 0 Å². The molecule has 21 heavy (non-hydrogen) atoms. The van der Waals surface area contributed by atoms with Gasteiger partial charge in [0.05, 0.1) is 5.92 Å². The van der Waals surface area contributed by atoms with Gasteiger partial charge in [0.15, 0.2) is 6.61 Å². The van der Waals surface area contributed by atoms with Gasteiger partial charge >= 0.3 is 11.9 Å². The van der Waals surface area contributed by atoms with E-state index in [0.717, 1.165) is 10.5 Å². The van der Waals surface area contributed by atoms with E-state index in [9.17, 15) is 9.59 Å². The molecule has 116 valence electrons. The van der Waals surface area contributed by atoms with Crippen LogP contribution in [0.4, 0.5) is 0 Å². The van der Waals surface area contributed by atoms with Gasteiger partial charge in [0.2, 0.25) is 0 Å². The molecular weight excluding hydrogens is 288 g/mol. The van der Waals surface area contributed by atoms with Crippen molar-refractivity contribution in [3.8, 4) is 0 Å². The number of thiol groups is 1. The molecule has 0 aliphatic heterocycles. The zero-order chi connectivity index (χ0) is 16.0. The van der Waals surface area contributed by atoms with Crippen LogP contribution >= 0.6 is 12.6 Å². The van der Waals surface area contributed by atoms with Gasteiger partial charge in [0.1, 0.15) is 5.60 Å². The van der Waals surface area contributed by atoms with Crippen LogP contribution in [0.25, 0.3) is 0 Å². The Morgan fingerprint density at radius 1 is 1.24 bits per heavy atom. The zero-order valence-electron chi connectivity index (χ0n) is 12.9. The minimum absolute atomic E-state index is 0.214. The first-order chi connectivity index (χ1) is 9.76. The Labute approximate surface area is 131 Å². The molecular formula is C16H22O4S. The summed E-state index contributed by atoms with van der Waals surface area (Å²) in [6.45, 7) is 6.86. The highest BCUT2D eigenvalue weighted by atomic mass is 32.1. The van der Waals surface area contributed by atoms with Crippen molar-refractivity contribution in [3.05, 3.63) is 29.8 Å². The Morgan fingerprint density at radius 2 is 1.81 bits per heavy atom. The van der Waals surface area contributed by atoms with E-state index in [1.807, 2.05) is 31.2 Å². The van der Waals surface area contributed by atoms with Crippen LogP contribution in [0.15, 0.2) is 29.2 Å². The predicted molar refractivity (Wildman–Crippen MR) is 83.2 cm³/mol. The quantitative estimate of drug-likeness (QED) is 0.647. The zero-order valence-corrected chi connectivity index (χ0v) is 13.8. The summed E-state index contributed by atoms with van der Waals surface area (Å²) in [7, 11) is 0. The van der Waals surface area contributed by atoms with Crippen molar-refractivity contribution in [2.75, 3.05) is 6.61 Å². The molecule has 0 saturated carbocycles. The van der Waals surface area contributed by atoms with E-state index in [2.05, 4.69) is 12.6 Å². The Kier molecular flexibility index (Phi) is 6.27. The van der Waals surface area contributed by atoms with Gasteiger partial charge in [-0.15, -0.1) is 12.6 Å². The van der Waals surface area contributed by atoms with Crippen molar-refractivity contribution >= 4 is 24.6 Å². The van der Waals surface area contributed by atoms with Gasteiger partial charge in [-0.05, 0) is 38.0 Å². The minimum Gasteiger partial charge on any atom is -0.453 e. The molecule has 0 heterocycles. The average Bonchev–Trinajstić information content (AvgIpc) is 2.43. The van der Waals surface area contributed by atoms with E-state index in [1.165, 1.54) is 0 Å². The van der Waals surface area contributed by atoms with E-state index in [1.54, 1.807) is 20.8 Å². The van der Waals surface area contributed by atoms with Gasteiger partial charge in [-0.3, -0.25) is 4.79 Å². The third-order valence-electron chi connectivity index (χ3n) is 3.28. The maximum atomic E-state index is 11.8. The first-order valence-corrected chi connectivity index (χ1v) is 7.39. The summed E-state index contributed by atoms with van der Waals surface area (Å²) in [5.74, 6) is -1.16. The summed E-state index contributed by atoms with van der Waals surface area (Å²) in [4.78, 5) is 24.1. The highest BCUT2D eigenvalue weighted by molar-refractivity contribution is 7.80. The lowest BCUT2D eigenvalue weighted by Gasteiger charge is -2.25. The van der Waals surface area contributed by atoms with E-state index in [4.69, 9.17) is 9.47 Å². The summed E-state index contributed by atoms with van der Waals surface area (Å²) in [6, 6.07) is 7.36. The number of carbonyl (C=O) groups is 2. The lowest BCUT2D eigenvalue weighted by molar-refractivity contribution is -0.170. The van der Waals surface area contributed by atoms with E-state index in [-0.39, 0.29) is 18.5 Å². The molecule has 4 nitrogen and oxygen atoms in total. The number of esters is 2. The normalized spacial score (nSPS) is 12.6. The smallest absolute Gasteiger partial charge is 0.345 e. The largest absolute Gasteiger partial charge is 0.453 e. The van der Waals surface area contributed by atoms with Crippen molar-refractivity contribution < 1.29 is 19.1 Å². The highest BCUT2D eigenvalue weighted by Crippen LogP contribution is 2.25. The first-order valence-electron chi connectivity index (χ1n) is 6.94. The van der Waals surface area contributed by atoms with E-state index >= 15 is 0 Å². The van der Waals surface area contributed by atoms with Crippen molar-refractivity contribution in [1.29, 1.82) is 0 Å². The average molecular weight is 310 g/mol. The molecule has 1 aromatic rings. The van der Waals surface area contributed by atoms with Crippen LogP contribution in [0.1, 0.15) is 39.7 Å². The molecule has 0 radical (unpaired) electrons. The number of rotatable bonds is 6. The Bertz CT molecular complexity index is 494.